The quantitative estimate of drug-likeness (QED) is 0.356. The average Bonchev–Trinajstić information content (AvgIpc) is 1.36. The molecule has 0 aliphatic carbocycles. The van der Waals surface area contributed by atoms with Gasteiger partial charge in [-0.05, 0) is 6.92 Å². The van der Waals surface area contributed by atoms with E-state index < -0.39 is 9.96 Å². The van der Waals surface area contributed by atoms with Crippen molar-refractivity contribution in [2.45, 2.75) is 10.8 Å². The van der Waals surface area contributed by atoms with Gasteiger partial charge in [0.05, 0.1) is 3.92 Å². The van der Waals surface area contributed by atoms with Gasteiger partial charge in [0.1, 0.15) is 0 Å². The van der Waals surface area contributed by atoms with Gasteiger partial charge in [-0.2, -0.15) is 4.39 Å². The predicted molar refractivity (Wildman–Crippen MR) is 29.6 cm³/mol. The maximum atomic E-state index is 11.2. The first-order valence-corrected chi connectivity index (χ1v) is 2.72. The Bertz CT molecular complexity index is 61.8. The van der Waals surface area contributed by atoms with Gasteiger partial charge in [0.15, 0.2) is 0 Å². The Kier molecular flexibility index (Phi) is 2.63. The topological polar surface area (TPSA) is 17.1 Å². The molecule has 0 rings (SSSR count). The molecule has 0 amide bonds. The van der Waals surface area contributed by atoms with Crippen molar-refractivity contribution < 1.29 is 9.18 Å². The lowest BCUT2D eigenvalue weighted by Crippen LogP contribution is -1.99. The van der Waals surface area contributed by atoms with E-state index >= 15 is 0 Å². The first-order chi connectivity index (χ1) is 2.64. The van der Waals surface area contributed by atoms with Crippen molar-refractivity contribution >= 4 is 28.6 Å². The second-order valence-electron chi connectivity index (χ2n) is 0.920. The van der Waals surface area contributed by atoms with Crippen LogP contribution >= 0.6 is 22.6 Å². The zero-order valence-corrected chi connectivity index (χ0v) is 5.40. The van der Waals surface area contributed by atoms with Gasteiger partial charge >= 0.3 is 6.04 Å². The summed E-state index contributed by atoms with van der Waals surface area (Å²) in [6.07, 6.45) is 0. The molecule has 0 fully saturated rings. The van der Waals surface area contributed by atoms with Crippen LogP contribution in [0.25, 0.3) is 0 Å². The van der Waals surface area contributed by atoms with E-state index in [1.807, 2.05) is 0 Å². The summed E-state index contributed by atoms with van der Waals surface area (Å²) < 4.78 is 10.7. The van der Waals surface area contributed by atoms with E-state index in [9.17, 15) is 9.18 Å². The molecule has 0 aromatic heterocycles. The molecule has 36 valence electrons. The van der Waals surface area contributed by atoms with Gasteiger partial charge in [-0.15, -0.1) is 0 Å². The SMILES string of the molecule is CC(I)C(=O)F. The minimum absolute atomic E-state index is 0.484. The lowest BCUT2D eigenvalue weighted by atomic mass is 10.5. The third kappa shape index (κ3) is 2.56. The van der Waals surface area contributed by atoms with Crippen LogP contribution in [-0.4, -0.2) is 9.96 Å². The Morgan fingerprint density at radius 2 is 2.17 bits per heavy atom. The third-order valence-electron chi connectivity index (χ3n) is 0.313. The summed E-state index contributed by atoms with van der Waals surface area (Å²) in [7, 11) is 0. The maximum absolute atomic E-state index is 11.2. The monoisotopic (exact) mass is 202 g/mol. The maximum Gasteiger partial charge on any atom is 0.313 e. The van der Waals surface area contributed by atoms with Crippen molar-refractivity contribution in [1.82, 2.24) is 0 Å². The second-order valence-corrected chi connectivity index (χ2v) is 2.79. The number of hydrogen-bond acceptors (Lipinski definition) is 1. The molecule has 0 aromatic carbocycles. The van der Waals surface area contributed by atoms with E-state index in [0.29, 0.717) is 0 Å². The van der Waals surface area contributed by atoms with Crippen molar-refractivity contribution in [1.29, 1.82) is 0 Å². The van der Waals surface area contributed by atoms with Gasteiger partial charge in [-0.3, -0.25) is 4.79 Å². The number of alkyl halides is 1. The zero-order chi connectivity index (χ0) is 5.15. The van der Waals surface area contributed by atoms with Crippen LogP contribution in [0.15, 0.2) is 0 Å². The van der Waals surface area contributed by atoms with Crippen molar-refractivity contribution in [3.63, 3.8) is 0 Å². The highest BCUT2D eigenvalue weighted by Gasteiger charge is 2.03. The number of carbonyl (C=O) groups excluding carboxylic acids is 1. The Morgan fingerprint density at radius 3 is 2.17 bits per heavy atom. The number of carbonyl (C=O) groups is 1. The van der Waals surface area contributed by atoms with Crippen LogP contribution in [0, 0.1) is 0 Å². The van der Waals surface area contributed by atoms with E-state index in [2.05, 4.69) is 0 Å². The molecule has 1 unspecified atom stereocenters. The fourth-order valence-electron chi connectivity index (χ4n) is 0. The summed E-state index contributed by atoms with van der Waals surface area (Å²) in [6.45, 7) is 1.50. The van der Waals surface area contributed by atoms with Crippen LogP contribution in [0.3, 0.4) is 0 Å². The van der Waals surface area contributed by atoms with Crippen LogP contribution < -0.4 is 0 Å². The Morgan fingerprint density at radius 1 is 2.00 bits per heavy atom. The molecule has 0 aliphatic rings. The molecule has 0 radical (unpaired) electrons. The smallest absolute Gasteiger partial charge is 0.260 e. The summed E-state index contributed by atoms with van der Waals surface area (Å²) in [5.74, 6) is 0. The normalized spacial score (nSPS) is 13.8. The molecule has 0 saturated heterocycles. The highest BCUT2D eigenvalue weighted by molar-refractivity contribution is 14.1. The van der Waals surface area contributed by atoms with Gasteiger partial charge in [0.2, 0.25) is 0 Å². The highest BCUT2D eigenvalue weighted by atomic mass is 127. The van der Waals surface area contributed by atoms with Crippen LogP contribution in [0.5, 0.6) is 0 Å². The fourth-order valence-corrected chi connectivity index (χ4v) is 0. The first-order valence-electron chi connectivity index (χ1n) is 1.48. The molecule has 0 aliphatic heterocycles. The summed E-state index contributed by atoms with van der Waals surface area (Å²) in [5.41, 5.74) is 0. The minimum Gasteiger partial charge on any atom is -0.260 e. The number of rotatable bonds is 1. The van der Waals surface area contributed by atoms with Crippen LogP contribution in [0.4, 0.5) is 4.39 Å². The van der Waals surface area contributed by atoms with E-state index in [1.54, 1.807) is 22.6 Å². The molecule has 6 heavy (non-hydrogen) atoms. The summed E-state index contributed by atoms with van der Waals surface area (Å²) in [5, 5.41) is 0. The molecule has 0 heterocycles. The summed E-state index contributed by atoms with van der Waals surface area (Å²) in [6, 6.07) is -1.25. The molecule has 1 nitrogen and oxygen atoms in total. The average molecular weight is 202 g/mol. The first kappa shape index (κ1) is 6.33. The molecule has 0 spiro atoms. The Labute approximate surface area is 49.1 Å². The standard InChI is InChI=1S/C3H4FIO/c1-2(5)3(4)6/h2H,1H3. The zero-order valence-electron chi connectivity index (χ0n) is 3.24. The van der Waals surface area contributed by atoms with Gasteiger partial charge < -0.3 is 0 Å². The van der Waals surface area contributed by atoms with E-state index in [-0.39, 0.29) is 0 Å². The minimum atomic E-state index is -1.25. The van der Waals surface area contributed by atoms with Crippen molar-refractivity contribution in [2.24, 2.45) is 0 Å². The van der Waals surface area contributed by atoms with Crippen LogP contribution in [0.2, 0.25) is 0 Å². The predicted octanol–water partition coefficient (Wildman–Crippen LogP) is 1.31. The lowest BCUT2D eigenvalue weighted by Gasteiger charge is -1.83. The molecule has 0 aromatic rings. The number of halogens is 2. The lowest BCUT2D eigenvalue weighted by molar-refractivity contribution is -0.127. The Balaban J connectivity index is 3.26. The molecule has 1 atom stereocenters. The molecule has 3 heteroatoms. The molecular weight excluding hydrogens is 198 g/mol. The van der Waals surface area contributed by atoms with E-state index in [0.717, 1.165) is 0 Å². The fraction of sp³-hybridized carbons (Fsp3) is 0.667. The van der Waals surface area contributed by atoms with Gasteiger partial charge in [0, 0.05) is 0 Å². The van der Waals surface area contributed by atoms with Crippen molar-refractivity contribution in [3.8, 4) is 0 Å². The molecule has 0 N–H and O–H groups in total. The van der Waals surface area contributed by atoms with Crippen LogP contribution in [-0.2, 0) is 4.79 Å². The van der Waals surface area contributed by atoms with Crippen molar-refractivity contribution in [3.05, 3.63) is 0 Å². The Hall–Kier alpha value is 0.330. The van der Waals surface area contributed by atoms with E-state index in [1.165, 1.54) is 6.92 Å². The molecule has 0 bridgehead atoms. The molecular formula is C3H4FIO. The van der Waals surface area contributed by atoms with E-state index in [4.69, 9.17) is 0 Å². The second kappa shape index (κ2) is 2.49. The largest absolute Gasteiger partial charge is 0.313 e. The van der Waals surface area contributed by atoms with Crippen molar-refractivity contribution in [2.75, 3.05) is 0 Å². The molecule has 0 saturated carbocycles. The van der Waals surface area contributed by atoms with Gasteiger partial charge in [-0.25, -0.2) is 0 Å². The number of hydrogen-bond donors (Lipinski definition) is 0. The third-order valence-corrected chi connectivity index (χ3v) is 0.802. The van der Waals surface area contributed by atoms with Gasteiger partial charge in [0.25, 0.3) is 0 Å². The summed E-state index contributed by atoms with van der Waals surface area (Å²) in [4.78, 5) is 9.47. The highest BCUT2D eigenvalue weighted by Crippen LogP contribution is 1.98. The summed E-state index contributed by atoms with van der Waals surface area (Å²) >= 11 is 1.71. The van der Waals surface area contributed by atoms with Gasteiger partial charge in [-0.1, -0.05) is 22.6 Å². The van der Waals surface area contributed by atoms with Crippen LogP contribution in [0.1, 0.15) is 6.92 Å².